The molecule has 2 rings (SSSR count). The number of carbonyl (C=O) groups is 1. The maximum atomic E-state index is 13.8. The van der Waals surface area contributed by atoms with E-state index in [1.54, 1.807) is 12.1 Å². The van der Waals surface area contributed by atoms with Crippen LogP contribution in [0, 0.1) is 17.7 Å². The van der Waals surface area contributed by atoms with Crippen LogP contribution in [0.15, 0.2) is 34.9 Å². The van der Waals surface area contributed by atoms with Crippen molar-refractivity contribution in [3.05, 3.63) is 53.2 Å². The highest BCUT2D eigenvalue weighted by Gasteiger charge is 2.14. The molecular formula is C16H14FNO3. The molecule has 0 aliphatic rings. The number of hydrogen-bond donors (Lipinski definition) is 2. The monoisotopic (exact) mass is 287 g/mol. The molecule has 0 fully saturated rings. The molecule has 4 nitrogen and oxygen atoms in total. The summed E-state index contributed by atoms with van der Waals surface area (Å²) in [6, 6.07) is 5.76. The molecule has 0 bridgehead atoms. The van der Waals surface area contributed by atoms with Gasteiger partial charge in [0.1, 0.15) is 18.2 Å². The van der Waals surface area contributed by atoms with Crippen molar-refractivity contribution in [3.8, 4) is 11.8 Å². The van der Waals surface area contributed by atoms with Crippen LogP contribution in [0.1, 0.15) is 28.6 Å². The van der Waals surface area contributed by atoms with Gasteiger partial charge in [-0.3, -0.25) is 4.79 Å². The van der Waals surface area contributed by atoms with Gasteiger partial charge in [-0.15, -0.1) is 0 Å². The Kier molecular flexibility index (Phi) is 4.75. The molecule has 0 saturated carbocycles. The molecule has 0 aliphatic carbocycles. The van der Waals surface area contributed by atoms with E-state index in [-0.39, 0.29) is 18.1 Å². The predicted molar refractivity (Wildman–Crippen MR) is 76.4 cm³/mol. The van der Waals surface area contributed by atoms with E-state index in [9.17, 15) is 9.18 Å². The number of carbonyl (C=O) groups excluding carboxylic acids is 1. The molecule has 0 unspecified atom stereocenters. The second kappa shape index (κ2) is 6.73. The lowest BCUT2D eigenvalue weighted by molar-refractivity contribution is 0.102. The number of aliphatic hydroxyl groups is 1. The highest BCUT2D eigenvalue weighted by Crippen LogP contribution is 2.17. The van der Waals surface area contributed by atoms with E-state index in [2.05, 4.69) is 17.2 Å². The summed E-state index contributed by atoms with van der Waals surface area (Å²) in [5.74, 6) is 4.53. The molecule has 1 heterocycles. The van der Waals surface area contributed by atoms with Crippen molar-refractivity contribution < 1.29 is 18.7 Å². The first-order chi connectivity index (χ1) is 10.2. The fraction of sp³-hybridized carbons (Fsp3) is 0.188. The molecule has 1 aromatic heterocycles. The minimum absolute atomic E-state index is 0.166. The van der Waals surface area contributed by atoms with Crippen LogP contribution in [0.2, 0.25) is 0 Å². The van der Waals surface area contributed by atoms with Gasteiger partial charge in [-0.25, -0.2) is 4.39 Å². The minimum Gasteiger partial charge on any atom is -0.469 e. The van der Waals surface area contributed by atoms with Crippen LogP contribution in [-0.4, -0.2) is 17.6 Å². The fourth-order valence-electron chi connectivity index (χ4n) is 1.84. The summed E-state index contributed by atoms with van der Waals surface area (Å²) >= 11 is 0. The number of benzene rings is 1. The third-order valence-corrected chi connectivity index (χ3v) is 2.84. The van der Waals surface area contributed by atoms with Crippen LogP contribution in [0.3, 0.4) is 0 Å². The van der Waals surface area contributed by atoms with Crippen LogP contribution in [0.25, 0.3) is 0 Å². The Labute approximate surface area is 121 Å². The van der Waals surface area contributed by atoms with Crippen LogP contribution in [0.4, 0.5) is 10.1 Å². The summed E-state index contributed by atoms with van der Waals surface area (Å²) in [5, 5.41) is 11.2. The van der Waals surface area contributed by atoms with Crippen LogP contribution < -0.4 is 5.32 Å². The SMILES string of the molecule is CCc1occc1C(=O)Nc1ccc(C#CCO)c(F)c1. The zero-order valence-corrected chi connectivity index (χ0v) is 11.4. The maximum absolute atomic E-state index is 13.8. The largest absolute Gasteiger partial charge is 0.469 e. The molecular weight excluding hydrogens is 273 g/mol. The van der Waals surface area contributed by atoms with Crippen molar-refractivity contribution in [2.24, 2.45) is 0 Å². The van der Waals surface area contributed by atoms with Crippen LogP contribution >= 0.6 is 0 Å². The number of amides is 1. The summed E-state index contributed by atoms with van der Waals surface area (Å²) in [4.78, 5) is 12.1. The van der Waals surface area contributed by atoms with Crippen molar-refractivity contribution in [3.63, 3.8) is 0 Å². The number of aryl methyl sites for hydroxylation is 1. The maximum Gasteiger partial charge on any atom is 0.259 e. The van der Waals surface area contributed by atoms with Crippen molar-refractivity contribution in [2.75, 3.05) is 11.9 Å². The van der Waals surface area contributed by atoms with Crippen molar-refractivity contribution in [1.29, 1.82) is 0 Å². The minimum atomic E-state index is -0.559. The first kappa shape index (κ1) is 14.8. The summed E-state index contributed by atoms with van der Waals surface area (Å²) in [6.07, 6.45) is 2.04. The normalized spacial score (nSPS) is 9.86. The van der Waals surface area contributed by atoms with Gasteiger partial charge in [0, 0.05) is 12.1 Å². The van der Waals surface area contributed by atoms with Gasteiger partial charge in [0.05, 0.1) is 17.4 Å². The number of nitrogens with one attached hydrogen (secondary N) is 1. The van der Waals surface area contributed by atoms with Gasteiger partial charge in [-0.05, 0) is 24.3 Å². The molecule has 1 aromatic carbocycles. The Balaban J connectivity index is 2.17. The lowest BCUT2D eigenvalue weighted by atomic mass is 10.1. The van der Waals surface area contributed by atoms with E-state index in [0.29, 0.717) is 23.4 Å². The van der Waals surface area contributed by atoms with Gasteiger partial charge in [-0.2, -0.15) is 0 Å². The average molecular weight is 287 g/mol. The standard InChI is InChI=1S/C16H14FNO3/c1-2-15-13(7-9-21-15)16(20)18-12-6-5-11(4-3-8-19)14(17)10-12/h5-7,9-10,19H,2,8H2,1H3,(H,18,20). The molecule has 108 valence electrons. The summed E-state index contributed by atoms with van der Waals surface area (Å²) in [6.45, 7) is 1.54. The third kappa shape index (κ3) is 3.50. The Morgan fingerprint density at radius 2 is 2.24 bits per heavy atom. The van der Waals surface area contributed by atoms with E-state index in [0.717, 1.165) is 0 Å². The first-order valence-corrected chi connectivity index (χ1v) is 6.42. The van der Waals surface area contributed by atoms with Crippen molar-refractivity contribution in [1.82, 2.24) is 0 Å². The van der Waals surface area contributed by atoms with E-state index in [1.807, 2.05) is 6.92 Å². The van der Waals surface area contributed by atoms with Gasteiger partial charge in [0.25, 0.3) is 5.91 Å². The highest BCUT2D eigenvalue weighted by atomic mass is 19.1. The first-order valence-electron chi connectivity index (χ1n) is 6.42. The second-order valence-electron chi connectivity index (χ2n) is 4.22. The van der Waals surface area contributed by atoms with E-state index < -0.39 is 5.82 Å². The molecule has 0 atom stereocenters. The number of halogens is 1. The van der Waals surface area contributed by atoms with Gasteiger partial charge >= 0.3 is 0 Å². The van der Waals surface area contributed by atoms with Crippen LogP contribution in [0.5, 0.6) is 0 Å². The Morgan fingerprint density at radius 3 is 2.90 bits per heavy atom. The molecule has 0 aliphatic heterocycles. The topological polar surface area (TPSA) is 62.5 Å². The Hall–Kier alpha value is -2.58. The number of hydrogen-bond acceptors (Lipinski definition) is 3. The number of furan rings is 1. The number of aliphatic hydroxyl groups excluding tert-OH is 1. The molecule has 0 spiro atoms. The molecule has 2 aromatic rings. The lowest BCUT2D eigenvalue weighted by Gasteiger charge is -2.05. The van der Waals surface area contributed by atoms with Crippen LogP contribution in [-0.2, 0) is 6.42 Å². The van der Waals surface area contributed by atoms with Gasteiger partial charge < -0.3 is 14.8 Å². The van der Waals surface area contributed by atoms with Gasteiger partial charge in [0.2, 0.25) is 0 Å². The molecule has 2 N–H and O–H groups in total. The number of anilines is 1. The average Bonchev–Trinajstić information content (AvgIpc) is 2.95. The zero-order chi connectivity index (χ0) is 15.2. The molecule has 5 heteroatoms. The smallest absolute Gasteiger partial charge is 0.259 e. The fourth-order valence-corrected chi connectivity index (χ4v) is 1.84. The van der Waals surface area contributed by atoms with Crippen molar-refractivity contribution in [2.45, 2.75) is 13.3 Å². The zero-order valence-electron chi connectivity index (χ0n) is 11.4. The number of rotatable bonds is 3. The van der Waals surface area contributed by atoms with Crippen molar-refractivity contribution >= 4 is 11.6 Å². The van der Waals surface area contributed by atoms with E-state index >= 15 is 0 Å². The molecule has 0 saturated heterocycles. The van der Waals surface area contributed by atoms with Gasteiger partial charge in [0.15, 0.2) is 0 Å². The predicted octanol–water partition coefficient (Wildman–Crippen LogP) is 2.58. The lowest BCUT2D eigenvalue weighted by Crippen LogP contribution is -2.13. The molecule has 0 radical (unpaired) electrons. The summed E-state index contributed by atoms with van der Waals surface area (Å²) < 4.78 is 18.9. The Bertz CT molecular complexity index is 710. The molecule has 1 amide bonds. The second-order valence-corrected chi connectivity index (χ2v) is 4.22. The van der Waals surface area contributed by atoms with E-state index in [4.69, 9.17) is 9.52 Å². The highest BCUT2D eigenvalue weighted by molar-refractivity contribution is 6.04. The van der Waals surface area contributed by atoms with Gasteiger partial charge in [-0.1, -0.05) is 18.8 Å². The summed E-state index contributed by atoms with van der Waals surface area (Å²) in [7, 11) is 0. The quantitative estimate of drug-likeness (QED) is 0.853. The molecule has 21 heavy (non-hydrogen) atoms. The van der Waals surface area contributed by atoms with E-state index in [1.165, 1.54) is 18.4 Å². The Morgan fingerprint density at radius 1 is 1.43 bits per heavy atom. The third-order valence-electron chi connectivity index (χ3n) is 2.84. The summed E-state index contributed by atoms with van der Waals surface area (Å²) in [5.41, 5.74) is 0.928.